The van der Waals surface area contributed by atoms with Gasteiger partial charge in [0.15, 0.2) is 0 Å². The van der Waals surface area contributed by atoms with Crippen LogP contribution in [0.4, 0.5) is 4.39 Å². The molecule has 4 atom stereocenters. The molecule has 2 heterocycles. The van der Waals surface area contributed by atoms with Gasteiger partial charge in [-0.2, -0.15) is 0 Å². The Balaban J connectivity index is 1.51. The van der Waals surface area contributed by atoms with Gasteiger partial charge in [-0.15, -0.1) is 0 Å². The molecule has 0 spiro atoms. The highest BCUT2D eigenvalue weighted by Crippen LogP contribution is 2.35. The molecule has 2 unspecified atom stereocenters. The van der Waals surface area contributed by atoms with Crippen molar-refractivity contribution in [1.82, 2.24) is 4.90 Å². The summed E-state index contributed by atoms with van der Waals surface area (Å²) in [6.45, 7) is 4.61. The van der Waals surface area contributed by atoms with Gasteiger partial charge in [0.05, 0.1) is 12.8 Å². The van der Waals surface area contributed by atoms with E-state index in [4.69, 9.17) is 4.65 Å². The molecule has 4 heteroatoms. The molecule has 0 aromatic heterocycles. The van der Waals surface area contributed by atoms with Crippen molar-refractivity contribution in [3.63, 3.8) is 0 Å². The quantitative estimate of drug-likeness (QED) is 0.714. The van der Waals surface area contributed by atoms with Crippen LogP contribution in [0.2, 0.25) is 5.82 Å². The first kappa shape index (κ1) is 15.8. The molecule has 0 bridgehead atoms. The molecule has 1 saturated carbocycles. The Hall–Kier alpha value is -0.0851. The monoisotopic (exact) mass is 294 g/mol. The van der Waals surface area contributed by atoms with Gasteiger partial charge in [-0.05, 0) is 43.5 Å². The summed E-state index contributed by atoms with van der Waals surface area (Å²) in [5, 5.41) is 0. The molecule has 2 nitrogen and oxygen atoms in total. The van der Waals surface area contributed by atoms with Gasteiger partial charge in [0.1, 0.15) is 0 Å². The van der Waals surface area contributed by atoms with Gasteiger partial charge in [-0.3, -0.25) is 9.29 Å². The van der Waals surface area contributed by atoms with Gasteiger partial charge in [-0.1, -0.05) is 39.0 Å². The Morgan fingerprint density at radius 3 is 2.71 bits per heavy atom. The van der Waals surface area contributed by atoms with Crippen molar-refractivity contribution in [2.45, 2.75) is 76.3 Å². The Morgan fingerprint density at radius 2 is 2.00 bits per heavy atom. The Labute approximate surface area is 130 Å². The second-order valence-corrected chi connectivity index (χ2v) is 7.54. The van der Waals surface area contributed by atoms with E-state index in [-0.39, 0.29) is 18.6 Å². The standard InChI is InChI=1S/C17H30BFNO/c1-13(14-6-3-2-4-7-14)12-20-9-5-8-16(20)17-10-15(11-19)18-21-17/h13-17H,2-12H2,1H3/t13-,15?,16+,17?/m1/s1. The van der Waals surface area contributed by atoms with E-state index in [0.29, 0.717) is 6.04 Å². The highest BCUT2D eigenvalue weighted by Gasteiger charge is 2.38. The predicted octanol–water partition coefficient (Wildman–Crippen LogP) is 3.83. The predicted molar refractivity (Wildman–Crippen MR) is 85.3 cm³/mol. The number of alkyl halides is 1. The van der Waals surface area contributed by atoms with Crippen molar-refractivity contribution in [2.75, 3.05) is 19.8 Å². The van der Waals surface area contributed by atoms with E-state index in [2.05, 4.69) is 11.8 Å². The number of hydrogen-bond donors (Lipinski definition) is 0. The molecule has 3 fully saturated rings. The van der Waals surface area contributed by atoms with Crippen LogP contribution in [0.5, 0.6) is 0 Å². The molecule has 1 radical (unpaired) electrons. The zero-order valence-corrected chi connectivity index (χ0v) is 13.5. The molecule has 2 saturated heterocycles. The van der Waals surface area contributed by atoms with E-state index in [1.165, 1.54) is 58.0 Å². The lowest BCUT2D eigenvalue weighted by Gasteiger charge is -2.35. The molecule has 0 N–H and O–H groups in total. The van der Waals surface area contributed by atoms with Gasteiger partial charge >= 0.3 is 0 Å². The maximum Gasteiger partial charge on any atom is 0.299 e. The van der Waals surface area contributed by atoms with Crippen LogP contribution < -0.4 is 0 Å². The highest BCUT2D eigenvalue weighted by atomic mass is 19.1. The van der Waals surface area contributed by atoms with Crippen molar-refractivity contribution in [3.8, 4) is 0 Å². The summed E-state index contributed by atoms with van der Waals surface area (Å²) < 4.78 is 18.6. The van der Waals surface area contributed by atoms with Crippen molar-refractivity contribution < 1.29 is 9.04 Å². The van der Waals surface area contributed by atoms with Crippen LogP contribution >= 0.6 is 0 Å². The third kappa shape index (κ3) is 3.82. The molecule has 1 aliphatic carbocycles. The van der Waals surface area contributed by atoms with Crippen molar-refractivity contribution in [3.05, 3.63) is 0 Å². The van der Waals surface area contributed by atoms with E-state index in [1.807, 2.05) is 0 Å². The Morgan fingerprint density at radius 1 is 1.19 bits per heavy atom. The molecule has 119 valence electrons. The zero-order valence-electron chi connectivity index (χ0n) is 13.5. The molecule has 21 heavy (non-hydrogen) atoms. The number of nitrogens with zero attached hydrogens (tertiary/aromatic N) is 1. The van der Waals surface area contributed by atoms with Gasteiger partial charge in [-0.25, -0.2) is 0 Å². The maximum atomic E-state index is 12.8. The first-order chi connectivity index (χ1) is 10.3. The van der Waals surface area contributed by atoms with Crippen LogP contribution in [0.15, 0.2) is 0 Å². The average Bonchev–Trinajstić information content (AvgIpc) is 3.16. The molecule has 3 aliphatic rings. The van der Waals surface area contributed by atoms with Gasteiger partial charge in [0, 0.05) is 12.6 Å². The summed E-state index contributed by atoms with van der Waals surface area (Å²) in [5.41, 5.74) is 0. The van der Waals surface area contributed by atoms with E-state index in [9.17, 15) is 4.39 Å². The van der Waals surface area contributed by atoms with Gasteiger partial charge in [0.2, 0.25) is 0 Å². The first-order valence-corrected chi connectivity index (χ1v) is 9.06. The first-order valence-electron chi connectivity index (χ1n) is 9.06. The number of likely N-dealkylation sites (tertiary alicyclic amines) is 1. The summed E-state index contributed by atoms with van der Waals surface area (Å²) in [4.78, 5) is 2.65. The largest absolute Gasteiger partial charge is 0.436 e. The summed E-state index contributed by atoms with van der Waals surface area (Å²) in [6, 6.07) is 0.531. The summed E-state index contributed by atoms with van der Waals surface area (Å²) >= 11 is 0. The van der Waals surface area contributed by atoms with E-state index in [0.717, 1.165) is 18.3 Å². The molecule has 2 aliphatic heterocycles. The Kier molecular flexibility index (Phi) is 5.61. The van der Waals surface area contributed by atoms with Crippen LogP contribution in [0.1, 0.15) is 58.3 Å². The lowest BCUT2D eigenvalue weighted by atomic mass is 9.80. The third-order valence-corrected chi connectivity index (χ3v) is 6.00. The second-order valence-electron chi connectivity index (χ2n) is 7.54. The molecule has 0 amide bonds. The molecule has 3 rings (SSSR count). The lowest BCUT2D eigenvalue weighted by Crippen LogP contribution is -2.42. The van der Waals surface area contributed by atoms with Crippen molar-refractivity contribution in [1.29, 1.82) is 0 Å². The molecular weight excluding hydrogens is 264 g/mol. The number of rotatable bonds is 5. The second kappa shape index (κ2) is 7.46. The topological polar surface area (TPSA) is 12.5 Å². The molecular formula is C17H30BFNO. The summed E-state index contributed by atoms with van der Waals surface area (Å²) in [5.74, 6) is 1.76. The van der Waals surface area contributed by atoms with Gasteiger partial charge in [0.25, 0.3) is 7.48 Å². The average molecular weight is 294 g/mol. The minimum Gasteiger partial charge on any atom is -0.436 e. The third-order valence-electron chi connectivity index (χ3n) is 6.00. The number of halogens is 1. The van der Waals surface area contributed by atoms with E-state index >= 15 is 0 Å². The fraction of sp³-hybridized carbons (Fsp3) is 1.00. The van der Waals surface area contributed by atoms with Crippen LogP contribution in [0.3, 0.4) is 0 Å². The molecule has 0 aromatic rings. The molecule has 0 aromatic carbocycles. The van der Waals surface area contributed by atoms with E-state index < -0.39 is 0 Å². The smallest absolute Gasteiger partial charge is 0.299 e. The zero-order chi connectivity index (χ0) is 14.7. The van der Waals surface area contributed by atoms with Crippen LogP contribution in [0, 0.1) is 11.8 Å². The fourth-order valence-electron chi connectivity index (χ4n) is 4.69. The summed E-state index contributed by atoms with van der Waals surface area (Å²) in [6.07, 6.45) is 10.8. The van der Waals surface area contributed by atoms with Crippen molar-refractivity contribution in [2.24, 2.45) is 11.8 Å². The van der Waals surface area contributed by atoms with Crippen LogP contribution in [0.25, 0.3) is 0 Å². The highest BCUT2D eigenvalue weighted by molar-refractivity contribution is 6.30. The van der Waals surface area contributed by atoms with E-state index in [1.54, 1.807) is 7.48 Å². The normalized spacial score (nSPS) is 36.8. The van der Waals surface area contributed by atoms with Crippen LogP contribution in [-0.2, 0) is 4.65 Å². The lowest BCUT2D eigenvalue weighted by molar-refractivity contribution is 0.0855. The van der Waals surface area contributed by atoms with Crippen molar-refractivity contribution >= 4 is 7.48 Å². The minimum absolute atomic E-state index is 0.0354. The van der Waals surface area contributed by atoms with Gasteiger partial charge < -0.3 is 4.65 Å². The Bertz CT molecular complexity index is 324. The fourth-order valence-corrected chi connectivity index (χ4v) is 4.69. The summed E-state index contributed by atoms with van der Waals surface area (Å²) in [7, 11) is 1.76. The maximum absolute atomic E-state index is 12.8. The SMILES string of the molecule is C[C@H](CN1CCC[C@H]1C1CC(CF)[B]O1)C1CCCCC1. The minimum atomic E-state index is -0.262. The van der Waals surface area contributed by atoms with Crippen LogP contribution in [-0.4, -0.2) is 44.3 Å². The number of hydrogen-bond acceptors (Lipinski definition) is 2.